The first kappa shape index (κ1) is 22.5. The summed E-state index contributed by atoms with van der Waals surface area (Å²) in [5, 5.41) is 18.6. The van der Waals surface area contributed by atoms with Gasteiger partial charge in [0.15, 0.2) is 0 Å². The Kier molecular flexibility index (Phi) is 8.33. The Morgan fingerprint density at radius 3 is 2.72 bits per heavy atom. The molecule has 0 aromatic heterocycles. The van der Waals surface area contributed by atoms with Gasteiger partial charge in [0.25, 0.3) is 0 Å². The maximum atomic E-state index is 14.4. The number of carbonyl (C=O) groups excluding carboxylic acids is 1. The highest BCUT2D eigenvalue weighted by molar-refractivity contribution is 5.69. The third-order valence-electron chi connectivity index (χ3n) is 4.55. The number of nitrogens with zero attached hydrogens (tertiary/aromatic N) is 1. The van der Waals surface area contributed by atoms with Gasteiger partial charge in [-0.1, -0.05) is 54.6 Å². The van der Waals surface area contributed by atoms with Gasteiger partial charge in [0.05, 0.1) is 12.6 Å². The summed E-state index contributed by atoms with van der Waals surface area (Å²) in [5.41, 5.74) is -0.290. The predicted molar refractivity (Wildman–Crippen MR) is 103 cm³/mol. The third kappa shape index (κ3) is 6.67. The molecule has 1 heterocycles. The zero-order valence-electron chi connectivity index (χ0n) is 15.9. The number of benzene rings is 1. The van der Waals surface area contributed by atoms with Crippen molar-refractivity contribution < 1.29 is 33.3 Å². The second-order valence-electron chi connectivity index (χ2n) is 6.70. The molecule has 2 rings (SSSR count). The molecule has 1 fully saturated rings. The molecule has 0 radical (unpaired) electrons. The summed E-state index contributed by atoms with van der Waals surface area (Å²) in [7, 11) is 0. The number of allylic oxidation sites excluding steroid dienone is 1. The van der Waals surface area contributed by atoms with Gasteiger partial charge in [-0.25, -0.2) is 4.79 Å². The predicted octanol–water partition coefficient (Wildman–Crippen LogP) is 3.72. The van der Waals surface area contributed by atoms with Crippen molar-refractivity contribution in [3.8, 4) is 0 Å². The number of alkyl halides is 2. The first-order valence-electron chi connectivity index (χ1n) is 9.42. The van der Waals surface area contributed by atoms with Crippen molar-refractivity contribution in [1.29, 1.82) is 0 Å². The van der Waals surface area contributed by atoms with Gasteiger partial charge in [-0.05, 0) is 12.8 Å². The minimum Gasteiger partial charge on any atom is -0.481 e. The first-order chi connectivity index (χ1) is 13.8. The van der Waals surface area contributed by atoms with Crippen molar-refractivity contribution in [2.24, 2.45) is 0 Å². The molecule has 0 spiro atoms. The topological polar surface area (TPSA) is 87.1 Å². The first-order valence-corrected chi connectivity index (χ1v) is 9.42. The van der Waals surface area contributed by atoms with Gasteiger partial charge in [0, 0.05) is 24.9 Å². The normalized spacial score (nSPS) is 18.9. The Hall–Kier alpha value is -2.74. The molecule has 1 saturated heterocycles. The molecule has 1 aliphatic rings. The van der Waals surface area contributed by atoms with Crippen LogP contribution < -0.4 is 0 Å². The number of hydrogen-bond donors (Lipinski definition) is 2. The fourth-order valence-electron chi connectivity index (χ4n) is 2.91. The van der Waals surface area contributed by atoms with Crippen LogP contribution >= 0.6 is 0 Å². The van der Waals surface area contributed by atoms with E-state index in [-0.39, 0.29) is 25.1 Å². The largest absolute Gasteiger partial charge is 0.481 e. The number of carbonyl (C=O) groups is 2. The van der Waals surface area contributed by atoms with Crippen LogP contribution in [0.2, 0.25) is 0 Å². The van der Waals surface area contributed by atoms with E-state index in [0.717, 1.165) is 6.08 Å². The van der Waals surface area contributed by atoms with E-state index < -0.39 is 30.1 Å². The smallest absolute Gasteiger partial charge is 0.410 e. The zero-order valence-corrected chi connectivity index (χ0v) is 15.9. The van der Waals surface area contributed by atoms with Crippen molar-refractivity contribution in [2.75, 3.05) is 13.2 Å². The minimum atomic E-state index is -3.46. The summed E-state index contributed by atoms with van der Waals surface area (Å²) in [6.45, 7) is 0.365. The van der Waals surface area contributed by atoms with Crippen LogP contribution in [0.15, 0.2) is 54.6 Å². The lowest BCUT2D eigenvalue weighted by molar-refractivity contribution is -0.137. The van der Waals surface area contributed by atoms with E-state index in [4.69, 9.17) is 9.84 Å². The fraction of sp³-hybridized carbons (Fsp3) is 0.429. The average Bonchev–Trinajstić information content (AvgIpc) is 2.70. The van der Waals surface area contributed by atoms with Gasteiger partial charge in [0.2, 0.25) is 0 Å². The van der Waals surface area contributed by atoms with Gasteiger partial charge in [-0.3, -0.25) is 9.69 Å². The van der Waals surface area contributed by atoms with E-state index in [2.05, 4.69) is 0 Å². The molecule has 158 valence electrons. The van der Waals surface area contributed by atoms with Crippen LogP contribution in [0.1, 0.15) is 31.2 Å². The van der Waals surface area contributed by atoms with Crippen molar-refractivity contribution in [3.63, 3.8) is 0 Å². The molecule has 29 heavy (non-hydrogen) atoms. The van der Waals surface area contributed by atoms with Gasteiger partial charge >= 0.3 is 18.0 Å². The minimum absolute atomic E-state index is 0.0645. The highest BCUT2D eigenvalue weighted by Gasteiger charge is 2.39. The van der Waals surface area contributed by atoms with Crippen molar-refractivity contribution in [1.82, 2.24) is 4.90 Å². The second-order valence-corrected chi connectivity index (χ2v) is 6.70. The van der Waals surface area contributed by atoms with E-state index in [1.54, 1.807) is 18.2 Å². The number of unbranched alkanes of at least 4 members (excludes halogenated alkanes) is 1. The molecular weight excluding hydrogens is 384 g/mol. The summed E-state index contributed by atoms with van der Waals surface area (Å²) >= 11 is 0. The second kappa shape index (κ2) is 10.7. The molecule has 0 unspecified atom stereocenters. The van der Waals surface area contributed by atoms with Gasteiger partial charge < -0.3 is 14.9 Å². The number of aliphatic hydroxyl groups excluding tert-OH is 1. The summed E-state index contributed by atoms with van der Waals surface area (Å²) in [6.07, 6.45) is 4.82. The van der Waals surface area contributed by atoms with E-state index in [0.29, 0.717) is 19.3 Å². The maximum Gasteiger partial charge on any atom is 0.410 e. The van der Waals surface area contributed by atoms with Crippen LogP contribution in [0, 0.1) is 0 Å². The number of aliphatic carboxylic acids is 1. The fourth-order valence-corrected chi connectivity index (χ4v) is 2.91. The number of aliphatic hydroxyl groups is 1. The quantitative estimate of drug-likeness (QED) is 0.454. The van der Waals surface area contributed by atoms with Crippen molar-refractivity contribution in [2.45, 2.75) is 43.8 Å². The molecule has 0 aliphatic carbocycles. The Bertz CT molecular complexity index is 736. The van der Waals surface area contributed by atoms with Crippen LogP contribution in [0.4, 0.5) is 13.6 Å². The number of rotatable bonds is 10. The van der Waals surface area contributed by atoms with Crippen LogP contribution in [0.25, 0.3) is 0 Å². The Labute approximate surface area is 168 Å². The number of carboxylic acid groups (broad SMARTS) is 1. The molecular formula is C21H25F2NO5. The van der Waals surface area contributed by atoms with Gasteiger partial charge in [-0.15, -0.1) is 0 Å². The molecule has 1 aromatic rings. The Balaban J connectivity index is 1.97. The number of carboxylic acids is 1. The Morgan fingerprint density at radius 1 is 1.31 bits per heavy atom. The molecule has 0 bridgehead atoms. The lowest BCUT2D eigenvalue weighted by Gasteiger charge is -2.32. The lowest BCUT2D eigenvalue weighted by atomic mass is 10.0. The summed E-state index contributed by atoms with van der Waals surface area (Å²) in [6, 6.07) is 6.57. The zero-order chi connectivity index (χ0) is 21.3. The molecule has 8 heteroatoms. The van der Waals surface area contributed by atoms with E-state index >= 15 is 0 Å². The van der Waals surface area contributed by atoms with Gasteiger partial charge in [0.1, 0.15) is 6.10 Å². The van der Waals surface area contributed by atoms with Crippen LogP contribution in [-0.4, -0.2) is 52.5 Å². The molecule has 6 nitrogen and oxygen atoms in total. The summed E-state index contributed by atoms with van der Waals surface area (Å²) < 4.78 is 33.8. The van der Waals surface area contributed by atoms with Crippen molar-refractivity contribution in [3.05, 3.63) is 60.2 Å². The van der Waals surface area contributed by atoms with Crippen molar-refractivity contribution >= 4 is 12.1 Å². The van der Waals surface area contributed by atoms with Crippen LogP contribution in [0.5, 0.6) is 0 Å². The average molecular weight is 409 g/mol. The third-order valence-corrected chi connectivity index (χ3v) is 4.55. The number of ether oxygens (including phenoxy) is 1. The number of amides is 1. The highest BCUT2D eigenvalue weighted by atomic mass is 19.3. The van der Waals surface area contributed by atoms with Gasteiger partial charge in [-0.2, -0.15) is 8.78 Å². The molecule has 0 saturated carbocycles. The molecule has 2 N–H and O–H groups in total. The SMILES string of the molecule is O=C(O)CCC/C=C/CN1C(=O)OCC[C@@H]1/C=C/[C@@H](O)C(F)(F)c1ccccc1. The van der Waals surface area contributed by atoms with Crippen LogP contribution in [0.3, 0.4) is 0 Å². The number of halogens is 2. The van der Waals surface area contributed by atoms with Crippen LogP contribution in [-0.2, 0) is 15.5 Å². The lowest BCUT2D eigenvalue weighted by Crippen LogP contribution is -2.45. The molecule has 1 aromatic carbocycles. The monoisotopic (exact) mass is 409 g/mol. The highest BCUT2D eigenvalue weighted by Crippen LogP contribution is 2.32. The number of cyclic esters (lactones) is 1. The van der Waals surface area contributed by atoms with E-state index in [9.17, 15) is 23.5 Å². The molecule has 1 amide bonds. The molecule has 1 aliphatic heterocycles. The summed E-state index contributed by atoms with van der Waals surface area (Å²) in [5.74, 6) is -4.32. The van der Waals surface area contributed by atoms with E-state index in [1.807, 2.05) is 0 Å². The number of hydrogen-bond acceptors (Lipinski definition) is 4. The standard InChI is InChI=1S/C21H25F2NO5/c22-21(23,16-8-4-3-5-9-16)18(25)12-11-17-13-15-29-20(28)24(17)14-7-2-1-6-10-19(26)27/h2-5,7-9,11-12,17-18,25H,1,6,10,13-15H2,(H,26,27)/b7-2+,12-11+/t17-,18+/m0/s1. The van der Waals surface area contributed by atoms with E-state index in [1.165, 1.54) is 35.2 Å². The summed E-state index contributed by atoms with van der Waals surface area (Å²) in [4.78, 5) is 23.9. The Morgan fingerprint density at radius 2 is 2.03 bits per heavy atom. The molecule has 2 atom stereocenters. The maximum absolute atomic E-state index is 14.4.